The van der Waals surface area contributed by atoms with Gasteiger partial charge in [0, 0.05) is 57.6 Å². The topological polar surface area (TPSA) is 43.9 Å². The minimum absolute atomic E-state index is 0.0561. The molecule has 27 heavy (non-hydrogen) atoms. The smallest absolute Gasteiger partial charge is 0.228 e. The minimum Gasteiger partial charge on any atom is -0.378 e. The van der Waals surface area contributed by atoms with E-state index in [2.05, 4.69) is 6.07 Å². The molecule has 1 heterocycles. The Labute approximate surface area is 161 Å². The molecule has 2 aromatic rings. The van der Waals surface area contributed by atoms with Crippen LogP contribution in [0.2, 0.25) is 0 Å². The third kappa shape index (κ3) is 4.30. The van der Waals surface area contributed by atoms with Crippen LogP contribution in [0.4, 0.5) is 17.1 Å². The molecule has 0 radical (unpaired) electrons. The quantitative estimate of drug-likeness (QED) is 0.815. The number of rotatable bonds is 5. The largest absolute Gasteiger partial charge is 0.378 e. The molecule has 0 N–H and O–H groups in total. The Bertz CT molecular complexity index is 815. The maximum absolute atomic E-state index is 12.8. The summed E-state index contributed by atoms with van der Waals surface area (Å²) < 4.78 is 0. The van der Waals surface area contributed by atoms with E-state index in [1.54, 1.807) is 11.8 Å². The number of hydrogen-bond donors (Lipinski definition) is 0. The lowest BCUT2D eigenvalue weighted by Gasteiger charge is -2.30. The lowest BCUT2D eigenvalue weighted by Crippen LogP contribution is -2.38. The lowest BCUT2D eigenvalue weighted by atomic mass is 10.0. The molecule has 0 saturated carbocycles. The van der Waals surface area contributed by atoms with Crippen LogP contribution >= 0.6 is 0 Å². The Morgan fingerprint density at radius 1 is 1.00 bits per heavy atom. The van der Waals surface area contributed by atoms with Gasteiger partial charge in [0.2, 0.25) is 11.8 Å². The van der Waals surface area contributed by atoms with Crippen molar-refractivity contribution in [2.45, 2.75) is 26.2 Å². The van der Waals surface area contributed by atoms with Gasteiger partial charge in [0.25, 0.3) is 0 Å². The zero-order valence-corrected chi connectivity index (χ0v) is 16.3. The number of benzene rings is 2. The van der Waals surface area contributed by atoms with Crippen LogP contribution in [0.25, 0.3) is 0 Å². The molecule has 0 spiro atoms. The summed E-state index contributed by atoms with van der Waals surface area (Å²) in [6.45, 7) is 2.67. The average molecular weight is 365 g/mol. The highest BCUT2D eigenvalue weighted by Gasteiger charge is 2.23. The molecule has 0 bridgehead atoms. The van der Waals surface area contributed by atoms with Gasteiger partial charge in [-0.3, -0.25) is 9.59 Å². The molecule has 1 aliphatic rings. The first kappa shape index (κ1) is 19.0. The standard InChI is InChI=1S/C22H27N3O2/c1-17(26)24(20-12-10-19(11-13-20)23(2)3)16-14-22(27)25-15-6-8-18-7-4-5-9-21(18)25/h4-5,7,9-13H,6,8,14-16H2,1-3H3. The van der Waals surface area contributed by atoms with Crippen LogP contribution in [0.1, 0.15) is 25.3 Å². The van der Waals surface area contributed by atoms with E-state index in [0.29, 0.717) is 13.0 Å². The minimum atomic E-state index is -0.0561. The van der Waals surface area contributed by atoms with Crippen molar-refractivity contribution in [3.63, 3.8) is 0 Å². The monoisotopic (exact) mass is 365 g/mol. The molecule has 2 aromatic carbocycles. The van der Waals surface area contributed by atoms with Gasteiger partial charge in [0.1, 0.15) is 0 Å². The zero-order chi connectivity index (χ0) is 19.4. The number of anilines is 3. The summed E-state index contributed by atoms with van der Waals surface area (Å²) in [5, 5.41) is 0. The Morgan fingerprint density at radius 3 is 2.33 bits per heavy atom. The predicted molar refractivity (Wildman–Crippen MR) is 111 cm³/mol. The summed E-state index contributed by atoms with van der Waals surface area (Å²) >= 11 is 0. The normalized spacial score (nSPS) is 13.1. The third-order valence-electron chi connectivity index (χ3n) is 5.02. The van der Waals surface area contributed by atoms with E-state index in [4.69, 9.17) is 0 Å². The second kappa shape index (κ2) is 8.25. The van der Waals surface area contributed by atoms with E-state index in [0.717, 1.165) is 36.4 Å². The summed E-state index contributed by atoms with van der Waals surface area (Å²) in [4.78, 5) is 30.5. The van der Waals surface area contributed by atoms with Crippen LogP contribution in [-0.4, -0.2) is 39.0 Å². The second-order valence-electron chi connectivity index (χ2n) is 7.11. The van der Waals surface area contributed by atoms with Crippen LogP contribution in [0.3, 0.4) is 0 Å². The van der Waals surface area contributed by atoms with Gasteiger partial charge < -0.3 is 14.7 Å². The van der Waals surface area contributed by atoms with Crippen molar-refractivity contribution in [2.24, 2.45) is 0 Å². The number of aryl methyl sites for hydroxylation is 1. The van der Waals surface area contributed by atoms with Gasteiger partial charge in [-0.15, -0.1) is 0 Å². The molecule has 0 aromatic heterocycles. The fraction of sp³-hybridized carbons (Fsp3) is 0.364. The van der Waals surface area contributed by atoms with E-state index in [1.807, 2.05) is 66.4 Å². The zero-order valence-electron chi connectivity index (χ0n) is 16.3. The van der Waals surface area contributed by atoms with Crippen molar-refractivity contribution in [2.75, 3.05) is 41.9 Å². The molecule has 5 heteroatoms. The van der Waals surface area contributed by atoms with Crippen LogP contribution < -0.4 is 14.7 Å². The number of amides is 2. The summed E-state index contributed by atoms with van der Waals surface area (Å²) in [5.74, 6) is 0.0118. The van der Waals surface area contributed by atoms with Gasteiger partial charge >= 0.3 is 0 Å². The van der Waals surface area contributed by atoms with Gasteiger partial charge in [-0.25, -0.2) is 0 Å². The average Bonchev–Trinajstić information content (AvgIpc) is 2.67. The fourth-order valence-electron chi connectivity index (χ4n) is 3.53. The summed E-state index contributed by atoms with van der Waals surface area (Å²) in [5.41, 5.74) is 4.13. The van der Waals surface area contributed by atoms with E-state index in [1.165, 1.54) is 5.56 Å². The molecule has 2 amide bonds. The molecule has 3 rings (SSSR count). The van der Waals surface area contributed by atoms with Gasteiger partial charge in [0.15, 0.2) is 0 Å². The van der Waals surface area contributed by atoms with E-state index in [9.17, 15) is 9.59 Å². The molecule has 0 aliphatic carbocycles. The van der Waals surface area contributed by atoms with Crippen LogP contribution in [0.15, 0.2) is 48.5 Å². The molecule has 5 nitrogen and oxygen atoms in total. The van der Waals surface area contributed by atoms with Crippen molar-refractivity contribution in [3.8, 4) is 0 Å². The Kier molecular flexibility index (Phi) is 5.79. The van der Waals surface area contributed by atoms with Gasteiger partial charge in [0.05, 0.1) is 0 Å². The number of carbonyl (C=O) groups is 2. The van der Waals surface area contributed by atoms with Crippen molar-refractivity contribution in [3.05, 3.63) is 54.1 Å². The van der Waals surface area contributed by atoms with E-state index < -0.39 is 0 Å². The first-order valence-electron chi connectivity index (χ1n) is 9.41. The first-order chi connectivity index (χ1) is 13.0. The van der Waals surface area contributed by atoms with Gasteiger partial charge in [-0.2, -0.15) is 0 Å². The van der Waals surface area contributed by atoms with Crippen molar-refractivity contribution < 1.29 is 9.59 Å². The van der Waals surface area contributed by atoms with Crippen molar-refractivity contribution in [1.29, 1.82) is 0 Å². The van der Waals surface area contributed by atoms with Gasteiger partial charge in [-0.05, 0) is 48.7 Å². The first-order valence-corrected chi connectivity index (χ1v) is 9.41. The lowest BCUT2D eigenvalue weighted by molar-refractivity contribution is -0.118. The Morgan fingerprint density at radius 2 is 1.67 bits per heavy atom. The number of fused-ring (bicyclic) bond motifs is 1. The maximum atomic E-state index is 12.8. The Balaban J connectivity index is 1.70. The number of hydrogen-bond acceptors (Lipinski definition) is 3. The fourth-order valence-corrected chi connectivity index (χ4v) is 3.53. The molecule has 0 fully saturated rings. The van der Waals surface area contributed by atoms with Crippen LogP contribution in [0.5, 0.6) is 0 Å². The molecule has 0 atom stereocenters. The van der Waals surface area contributed by atoms with E-state index in [-0.39, 0.29) is 11.8 Å². The van der Waals surface area contributed by atoms with Gasteiger partial charge in [-0.1, -0.05) is 18.2 Å². The Hall–Kier alpha value is -2.82. The summed E-state index contributed by atoms with van der Waals surface area (Å²) in [7, 11) is 3.96. The highest BCUT2D eigenvalue weighted by molar-refractivity contribution is 5.97. The SMILES string of the molecule is CC(=O)N(CCC(=O)N1CCCc2ccccc21)c1ccc(N(C)C)cc1. The molecule has 0 unspecified atom stereocenters. The summed E-state index contributed by atoms with van der Waals surface area (Å²) in [6.07, 6.45) is 2.30. The number of nitrogens with zero attached hydrogens (tertiary/aromatic N) is 3. The van der Waals surface area contributed by atoms with Crippen molar-refractivity contribution >= 4 is 28.9 Å². The van der Waals surface area contributed by atoms with Crippen LogP contribution in [0, 0.1) is 0 Å². The number of carbonyl (C=O) groups excluding carboxylic acids is 2. The second-order valence-corrected chi connectivity index (χ2v) is 7.11. The highest BCUT2D eigenvalue weighted by atomic mass is 16.2. The molecule has 142 valence electrons. The maximum Gasteiger partial charge on any atom is 0.228 e. The molecular weight excluding hydrogens is 338 g/mol. The molecular formula is C22H27N3O2. The predicted octanol–water partition coefficient (Wildman–Crippen LogP) is 3.48. The van der Waals surface area contributed by atoms with Crippen LogP contribution in [-0.2, 0) is 16.0 Å². The summed E-state index contributed by atoms with van der Waals surface area (Å²) in [6, 6.07) is 15.9. The molecule has 0 saturated heterocycles. The number of para-hydroxylation sites is 1. The highest BCUT2D eigenvalue weighted by Crippen LogP contribution is 2.27. The van der Waals surface area contributed by atoms with Crippen molar-refractivity contribution in [1.82, 2.24) is 0 Å². The third-order valence-corrected chi connectivity index (χ3v) is 5.02. The van der Waals surface area contributed by atoms with E-state index >= 15 is 0 Å². The molecule has 1 aliphatic heterocycles.